The minimum Gasteiger partial charge on any atom is -0.496 e. The van der Waals surface area contributed by atoms with Gasteiger partial charge in [0.2, 0.25) is 5.91 Å². The van der Waals surface area contributed by atoms with Gasteiger partial charge >= 0.3 is 0 Å². The molecule has 0 bridgehead atoms. The highest BCUT2D eigenvalue weighted by molar-refractivity contribution is 7.09. The van der Waals surface area contributed by atoms with Gasteiger partial charge in [0, 0.05) is 17.8 Å². The number of rotatable bonds is 7. The van der Waals surface area contributed by atoms with Crippen molar-refractivity contribution in [3.63, 3.8) is 0 Å². The Bertz CT molecular complexity index is 598. The number of carbonyl (C=O) groups is 1. The van der Waals surface area contributed by atoms with E-state index in [4.69, 9.17) is 10.5 Å². The van der Waals surface area contributed by atoms with Crippen molar-refractivity contribution in [1.29, 1.82) is 0 Å². The molecule has 0 radical (unpaired) electrons. The minimum atomic E-state index is -0.821. The lowest BCUT2D eigenvalue weighted by molar-refractivity contribution is -0.123. The number of para-hydroxylation sites is 1. The number of carbonyl (C=O) groups excluding carboxylic acids is 1. The van der Waals surface area contributed by atoms with Crippen LogP contribution in [0.25, 0.3) is 0 Å². The molecule has 0 saturated carbocycles. The summed E-state index contributed by atoms with van der Waals surface area (Å²) in [7, 11) is 1.62. The molecule has 3 N–H and O–H groups in total. The first-order valence-electron chi connectivity index (χ1n) is 6.74. The van der Waals surface area contributed by atoms with Crippen molar-refractivity contribution in [2.75, 3.05) is 7.11 Å². The summed E-state index contributed by atoms with van der Waals surface area (Å²) in [6, 6.07) is 11.7. The maximum Gasteiger partial charge on any atom is 0.237 e. The molecule has 1 amide bonds. The monoisotopic (exact) mass is 304 g/mol. The molecule has 5 heteroatoms. The summed E-state index contributed by atoms with van der Waals surface area (Å²) in [6.45, 7) is 2.45. The van der Waals surface area contributed by atoms with Gasteiger partial charge in [-0.05, 0) is 30.0 Å². The normalized spacial score (nSPS) is 13.6. The predicted molar refractivity (Wildman–Crippen MR) is 85.5 cm³/mol. The Balaban J connectivity index is 2.15. The van der Waals surface area contributed by atoms with Gasteiger partial charge in [0.1, 0.15) is 5.75 Å². The van der Waals surface area contributed by atoms with E-state index in [0.29, 0.717) is 13.0 Å². The number of primary amides is 1. The number of ether oxygens (including phenoxy) is 1. The summed E-state index contributed by atoms with van der Waals surface area (Å²) in [6.07, 6.45) is 0.484. The number of benzene rings is 1. The molecule has 0 fully saturated rings. The first-order chi connectivity index (χ1) is 10.0. The van der Waals surface area contributed by atoms with E-state index in [0.717, 1.165) is 11.3 Å². The predicted octanol–water partition coefficient (Wildman–Crippen LogP) is 2.33. The smallest absolute Gasteiger partial charge is 0.237 e. The zero-order valence-electron chi connectivity index (χ0n) is 12.3. The van der Waals surface area contributed by atoms with Crippen LogP contribution >= 0.6 is 11.3 Å². The van der Waals surface area contributed by atoms with E-state index in [9.17, 15) is 4.79 Å². The van der Waals surface area contributed by atoms with E-state index in [2.05, 4.69) is 5.32 Å². The molecule has 1 aromatic heterocycles. The van der Waals surface area contributed by atoms with Crippen LogP contribution in [0.4, 0.5) is 0 Å². The van der Waals surface area contributed by atoms with Crippen molar-refractivity contribution in [2.24, 2.45) is 5.73 Å². The van der Waals surface area contributed by atoms with Crippen LogP contribution in [0.1, 0.15) is 17.4 Å². The quantitative estimate of drug-likeness (QED) is 0.825. The van der Waals surface area contributed by atoms with E-state index in [1.807, 2.05) is 48.7 Å². The van der Waals surface area contributed by atoms with Gasteiger partial charge in [-0.3, -0.25) is 10.1 Å². The second-order valence-electron chi connectivity index (χ2n) is 5.12. The largest absolute Gasteiger partial charge is 0.496 e. The van der Waals surface area contributed by atoms with Gasteiger partial charge in [0.05, 0.1) is 12.6 Å². The maximum atomic E-state index is 11.9. The maximum absolute atomic E-state index is 11.9. The van der Waals surface area contributed by atoms with Crippen LogP contribution in [0, 0.1) is 0 Å². The summed E-state index contributed by atoms with van der Waals surface area (Å²) in [5.74, 6) is 0.396. The summed E-state index contributed by atoms with van der Waals surface area (Å²) in [4.78, 5) is 13.1. The van der Waals surface area contributed by atoms with Gasteiger partial charge in [-0.15, -0.1) is 11.3 Å². The minimum absolute atomic E-state index is 0.370. The molecular weight excluding hydrogens is 284 g/mol. The third-order valence-electron chi connectivity index (χ3n) is 3.51. The molecule has 0 aliphatic rings. The summed E-state index contributed by atoms with van der Waals surface area (Å²) in [5.41, 5.74) is 5.75. The van der Waals surface area contributed by atoms with Crippen LogP contribution in [0.3, 0.4) is 0 Å². The van der Waals surface area contributed by atoms with E-state index in [-0.39, 0.29) is 5.91 Å². The molecule has 112 valence electrons. The third-order valence-corrected chi connectivity index (χ3v) is 4.39. The number of hydrogen-bond acceptors (Lipinski definition) is 4. The topological polar surface area (TPSA) is 64.3 Å². The van der Waals surface area contributed by atoms with E-state index >= 15 is 0 Å². The fraction of sp³-hybridized carbons (Fsp3) is 0.312. The lowest BCUT2D eigenvalue weighted by atomic mass is 9.91. The average Bonchev–Trinajstić information content (AvgIpc) is 2.99. The Morgan fingerprint density at radius 2 is 2.10 bits per heavy atom. The summed E-state index contributed by atoms with van der Waals surface area (Å²) >= 11 is 1.65. The van der Waals surface area contributed by atoms with Gasteiger partial charge in [0.25, 0.3) is 0 Å². The molecule has 1 aromatic carbocycles. The van der Waals surface area contributed by atoms with Gasteiger partial charge in [0.15, 0.2) is 0 Å². The first-order valence-corrected chi connectivity index (χ1v) is 7.62. The zero-order chi connectivity index (χ0) is 15.3. The number of thiophene rings is 1. The summed E-state index contributed by atoms with van der Waals surface area (Å²) in [5, 5.41) is 5.29. The van der Waals surface area contributed by atoms with Crippen molar-refractivity contribution in [2.45, 2.75) is 25.4 Å². The van der Waals surface area contributed by atoms with Gasteiger partial charge in [-0.2, -0.15) is 0 Å². The van der Waals surface area contributed by atoms with Gasteiger partial charge in [-0.25, -0.2) is 0 Å². The SMILES string of the molecule is COc1ccccc1CC(C)(NCc1cccs1)C(N)=O. The lowest BCUT2D eigenvalue weighted by Gasteiger charge is -2.28. The molecule has 4 nitrogen and oxygen atoms in total. The second-order valence-corrected chi connectivity index (χ2v) is 6.15. The van der Waals surface area contributed by atoms with Crippen molar-refractivity contribution >= 4 is 17.2 Å². The van der Waals surface area contributed by atoms with Crippen LogP contribution in [-0.2, 0) is 17.8 Å². The second kappa shape index (κ2) is 6.74. The van der Waals surface area contributed by atoms with E-state index in [1.54, 1.807) is 18.4 Å². The molecule has 0 saturated heterocycles. The van der Waals surface area contributed by atoms with Crippen molar-refractivity contribution in [1.82, 2.24) is 5.32 Å². The first kappa shape index (κ1) is 15.5. The molecule has 1 unspecified atom stereocenters. The molecule has 0 aliphatic carbocycles. The van der Waals surface area contributed by atoms with Crippen molar-refractivity contribution < 1.29 is 9.53 Å². The highest BCUT2D eigenvalue weighted by atomic mass is 32.1. The molecule has 1 heterocycles. The summed E-state index contributed by atoms with van der Waals surface area (Å²) < 4.78 is 5.34. The lowest BCUT2D eigenvalue weighted by Crippen LogP contribution is -2.54. The van der Waals surface area contributed by atoms with Crippen LogP contribution in [0.2, 0.25) is 0 Å². The van der Waals surface area contributed by atoms with Crippen LogP contribution in [-0.4, -0.2) is 18.6 Å². The Kier molecular flexibility index (Phi) is 4.98. The zero-order valence-corrected chi connectivity index (χ0v) is 13.1. The van der Waals surface area contributed by atoms with Crippen molar-refractivity contribution in [3.05, 3.63) is 52.2 Å². The number of methoxy groups -OCH3 is 1. The molecule has 0 spiro atoms. The fourth-order valence-corrected chi connectivity index (χ4v) is 2.81. The standard InChI is InChI=1S/C16H20N2O2S/c1-16(15(17)19,18-11-13-7-5-9-21-13)10-12-6-3-4-8-14(12)20-2/h3-9,18H,10-11H2,1-2H3,(H2,17,19). The highest BCUT2D eigenvalue weighted by Crippen LogP contribution is 2.23. The van der Waals surface area contributed by atoms with Crippen LogP contribution < -0.4 is 15.8 Å². The van der Waals surface area contributed by atoms with Crippen molar-refractivity contribution in [3.8, 4) is 5.75 Å². The van der Waals surface area contributed by atoms with Crippen LogP contribution in [0.15, 0.2) is 41.8 Å². The van der Waals surface area contributed by atoms with E-state index in [1.165, 1.54) is 4.88 Å². The number of hydrogen-bond donors (Lipinski definition) is 2. The molecule has 1 atom stereocenters. The number of amides is 1. The van der Waals surface area contributed by atoms with E-state index < -0.39 is 5.54 Å². The number of nitrogens with one attached hydrogen (secondary N) is 1. The number of nitrogens with two attached hydrogens (primary N) is 1. The average molecular weight is 304 g/mol. The molecule has 0 aliphatic heterocycles. The molecule has 2 rings (SSSR count). The third kappa shape index (κ3) is 3.83. The van der Waals surface area contributed by atoms with Gasteiger partial charge in [-0.1, -0.05) is 24.3 Å². The Morgan fingerprint density at radius 1 is 1.33 bits per heavy atom. The van der Waals surface area contributed by atoms with Crippen LogP contribution in [0.5, 0.6) is 5.75 Å². The highest BCUT2D eigenvalue weighted by Gasteiger charge is 2.31. The van der Waals surface area contributed by atoms with Gasteiger partial charge < -0.3 is 10.5 Å². The Hall–Kier alpha value is -1.85. The molecule has 2 aromatic rings. The Morgan fingerprint density at radius 3 is 2.71 bits per heavy atom. The molecular formula is C16H20N2O2S. The fourth-order valence-electron chi connectivity index (χ4n) is 2.16. The Labute approximate surface area is 128 Å². The molecule has 21 heavy (non-hydrogen) atoms.